The van der Waals surface area contributed by atoms with Crippen molar-refractivity contribution in [1.29, 1.82) is 0 Å². The minimum atomic E-state index is -0.129. The predicted octanol–water partition coefficient (Wildman–Crippen LogP) is 2.14. The summed E-state index contributed by atoms with van der Waals surface area (Å²) in [5.74, 6) is 0.296. The van der Waals surface area contributed by atoms with Gasteiger partial charge in [0.25, 0.3) is 5.91 Å². The van der Waals surface area contributed by atoms with Gasteiger partial charge in [-0.2, -0.15) is 0 Å². The molecule has 0 aromatic carbocycles. The van der Waals surface area contributed by atoms with E-state index in [9.17, 15) is 4.79 Å². The second kappa shape index (κ2) is 6.35. The van der Waals surface area contributed by atoms with Crippen molar-refractivity contribution in [1.82, 2.24) is 5.32 Å². The fourth-order valence-corrected chi connectivity index (χ4v) is 0.970. The molecule has 1 atom stereocenters. The van der Waals surface area contributed by atoms with Gasteiger partial charge in [0, 0.05) is 12.8 Å². The third-order valence-corrected chi connectivity index (χ3v) is 2.36. The van der Waals surface area contributed by atoms with Crippen LogP contribution in [0.5, 0.6) is 0 Å². The Morgan fingerprint density at radius 2 is 2.14 bits per heavy atom. The molecule has 0 saturated heterocycles. The molecule has 0 heterocycles. The molecule has 0 radical (unpaired) electrons. The third-order valence-electron chi connectivity index (χ3n) is 2.36. The van der Waals surface area contributed by atoms with Crippen molar-refractivity contribution in [3.05, 3.63) is 11.8 Å². The van der Waals surface area contributed by atoms with Gasteiger partial charge in [-0.15, -0.1) is 0 Å². The van der Waals surface area contributed by atoms with Crippen LogP contribution >= 0.6 is 0 Å². The quantitative estimate of drug-likeness (QED) is 0.543. The summed E-state index contributed by atoms with van der Waals surface area (Å²) in [6, 6.07) is 0. The Balaban J connectivity index is 4.68. The van der Waals surface area contributed by atoms with E-state index in [0.29, 0.717) is 11.6 Å². The van der Waals surface area contributed by atoms with E-state index in [2.05, 4.69) is 24.2 Å². The molecule has 0 fully saturated rings. The van der Waals surface area contributed by atoms with Crippen LogP contribution in [-0.4, -0.2) is 18.7 Å². The SMILES string of the molecule is C/C=C(\N=C(C)C(C)CC)C(=O)NC. The predicted molar refractivity (Wildman–Crippen MR) is 60.4 cm³/mol. The number of hydrogen-bond donors (Lipinski definition) is 1. The summed E-state index contributed by atoms with van der Waals surface area (Å²) in [5.41, 5.74) is 1.49. The van der Waals surface area contributed by atoms with Gasteiger partial charge in [0.1, 0.15) is 5.70 Å². The zero-order valence-electron chi connectivity index (χ0n) is 9.72. The summed E-state index contributed by atoms with van der Waals surface area (Å²) in [6.07, 6.45) is 2.77. The summed E-state index contributed by atoms with van der Waals surface area (Å²) >= 11 is 0. The van der Waals surface area contributed by atoms with Gasteiger partial charge >= 0.3 is 0 Å². The zero-order valence-corrected chi connectivity index (χ0v) is 9.72. The van der Waals surface area contributed by atoms with Crippen molar-refractivity contribution in [2.75, 3.05) is 7.05 Å². The Morgan fingerprint density at radius 1 is 1.57 bits per heavy atom. The van der Waals surface area contributed by atoms with Gasteiger partial charge in [0.15, 0.2) is 0 Å². The van der Waals surface area contributed by atoms with E-state index >= 15 is 0 Å². The second-order valence-corrected chi connectivity index (χ2v) is 3.32. The molecule has 0 aliphatic rings. The first-order valence-corrected chi connectivity index (χ1v) is 5.00. The van der Waals surface area contributed by atoms with Gasteiger partial charge in [-0.25, -0.2) is 0 Å². The van der Waals surface area contributed by atoms with Crippen LogP contribution in [0.3, 0.4) is 0 Å². The Kier molecular flexibility index (Phi) is 5.84. The minimum Gasteiger partial charge on any atom is -0.354 e. The second-order valence-electron chi connectivity index (χ2n) is 3.32. The number of rotatable bonds is 4. The van der Waals surface area contributed by atoms with Crippen molar-refractivity contribution in [2.45, 2.75) is 34.1 Å². The Bertz CT molecular complexity index is 254. The van der Waals surface area contributed by atoms with Crippen LogP contribution in [0.15, 0.2) is 16.8 Å². The van der Waals surface area contributed by atoms with Crippen LogP contribution in [-0.2, 0) is 4.79 Å². The summed E-state index contributed by atoms with van der Waals surface area (Å²) < 4.78 is 0. The Hall–Kier alpha value is -1.12. The van der Waals surface area contributed by atoms with Crippen molar-refractivity contribution < 1.29 is 4.79 Å². The summed E-state index contributed by atoms with van der Waals surface area (Å²) in [5, 5.41) is 2.56. The van der Waals surface area contributed by atoms with E-state index < -0.39 is 0 Å². The van der Waals surface area contributed by atoms with Gasteiger partial charge in [-0.3, -0.25) is 9.79 Å². The number of hydrogen-bond acceptors (Lipinski definition) is 2. The minimum absolute atomic E-state index is 0.129. The van der Waals surface area contributed by atoms with Crippen LogP contribution in [0.25, 0.3) is 0 Å². The molecule has 0 aliphatic carbocycles. The molecule has 0 aliphatic heterocycles. The zero-order chi connectivity index (χ0) is 11.1. The fraction of sp³-hybridized carbons (Fsp3) is 0.636. The van der Waals surface area contributed by atoms with E-state index in [1.54, 1.807) is 13.1 Å². The summed E-state index contributed by atoms with van der Waals surface area (Å²) in [6.45, 7) is 7.99. The number of nitrogens with zero attached hydrogens (tertiary/aromatic N) is 1. The molecule has 0 aromatic heterocycles. The smallest absolute Gasteiger partial charge is 0.269 e. The average Bonchev–Trinajstić information content (AvgIpc) is 2.22. The lowest BCUT2D eigenvalue weighted by Gasteiger charge is -2.08. The number of amides is 1. The topological polar surface area (TPSA) is 41.5 Å². The first-order chi connectivity index (χ1) is 6.56. The highest BCUT2D eigenvalue weighted by Gasteiger charge is 2.07. The molecule has 0 spiro atoms. The molecule has 0 saturated carbocycles. The monoisotopic (exact) mass is 196 g/mol. The number of carbonyl (C=O) groups excluding carboxylic acids is 1. The van der Waals surface area contributed by atoms with E-state index in [-0.39, 0.29) is 5.91 Å². The molecular formula is C11H20N2O. The maximum atomic E-state index is 11.3. The summed E-state index contributed by atoms with van der Waals surface area (Å²) in [4.78, 5) is 15.6. The van der Waals surface area contributed by atoms with E-state index in [0.717, 1.165) is 12.1 Å². The lowest BCUT2D eigenvalue weighted by molar-refractivity contribution is -0.117. The third kappa shape index (κ3) is 3.73. The van der Waals surface area contributed by atoms with Gasteiger partial charge in [0.2, 0.25) is 0 Å². The Morgan fingerprint density at radius 3 is 2.50 bits per heavy atom. The molecule has 1 unspecified atom stereocenters. The molecule has 1 N–H and O–H groups in total. The molecule has 0 rings (SSSR count). The molecule has 14 heavy (non-hydrogen) atoms. The van der Waals surface area contributed by atoms with Crippen molar-refractivity contribution in [3.8, 4) is 0 Å². The number of carbonyl (C=O) groups is 1. The van der Waals surface area contributed by atoms with Gasteiger partial charge in [-0.05, 0) is 26.2 Å². The number of nitrogens with one attached hydrogen (secondary N) is 1. The summed E-state index contributed by atoms with van der Waals surface area (Å²) in [7, 11) is 1.61. The normalized spacial score (nSPS) is 15.2. The lowest BCUT2D eigenvalue weighted by Crippen LogP contribution is -2.20. The number of likely N-dealkylation sites (N-methyl/N-ethyl adjacent to an activating group) is 1. The highest BCUT2D eigenvalue weighted by molar-refractivity contribution is 5.97. The van der Waals surface area contributed by atoms with E-state index in [1.165, 1.54) is 0 Å². The van der Waals surface area contributed by atoms with Gasteiger partial charge < -0.3 is 5.32 Å². The maximum Gasteiger partial charge on any atom is 0.269 e. The van der Waals surface area contributed by atoms with Gasteiger partial charge in [0.05, 0.1) is 0 Å². The van der Waals surface area contributed by atoms with E-state index in [1.807, 2.05) is 13.8 Å². The van der Waals surface area contributed by atoms with Crippen LogP contribution in [0.4, 0.5) is 0 Å². The van der Waals surface area contributed by atoms with Crippen LogP contribution in [0, 0.1) is 5.92 Å². The molecule has 3 heteroatoms. The van der Waals surface area contributed by atoms with Crippen molar-refractivity contribution >= 4 is 11.6 Å². The standard InChI is InChI=1S/C11H20N2O/c1-6-8(3)9(4)13-10(7-2)11(14)12-5/h7-8H,6H2,1-5H3,(H,12,14)/b10-7-,13-9?. The van der Waals surface area contributed by atoms with Crippen LogP contribution in [0.1, 0.15) is 34.1 Å². The number of allylic oxidation sites excluding steroid dienone is 1. The number of aliphatic imine (C=N–C) groups is 1. The van der Waals surface area contributed by atoms with Crippen LogP contribution < -0.4 is 5.32 Å². The highest BCUT2D eigenvalue weighted by atomic mass is 16.1. The molecule has 3 nitrogen and oxygen atoms in total. The fourth-order valence-electron chi connectivity index (χ4n) is 0.970. The first-order valence-electron chi connectivity index (χ1n) is 5.00. The Labute approximate surface area is 86.3 Å². The first kappa shape index (κ1) is 12.9. The maximum absolute atomic E-state index is 11.3. The largest absolute Gasteiger partial charge is 0.354 e. The van der Waals surface area contributed by atoms with Gasteiger partial charge in [-0.1, -0.05) is 19.9 Å². The molecule has 0 bridgehead atoms. The van der Waals surface area contributed by atoms with Crippen LogP contribution in [0.2, 0.25) is 0 Å². The molecule has 80 valence electrons. The van der Waals surface area contributed by atoms with Crippen molar-refractivity contribution in [3.63, 3.8) is 0 Å². The average molecular weight is 196 g/mol. The lowest BCUT2D eigenvalue weighted by atomic mass is 10.0. The molecule has 0 aromatic rings. The highest BCUT2D eigenvalue weighted by Crippen LogP contribution is 2.07. The van der Waals surface area contributed by atoms with E-state index in [4.69, 9.17) is 0 Å². The molecule has 1 amide bonds. The van der Waals surface area contributed by atoms with Crippen molar-refractivity contribution in [2.24, 2.45) is 10.9 Å². The molecular weight excluding hydrogens is 176 g/mol.